The summed E-state index contributed by atoms with van der Waals surface area (Å²) in [6.45, 7) is 0.443. The van der Waals surface area contributed by atoms with Crippen molar-refractivity contribution in [2.24, 2.45) is 0 Å². The van der Waals surface area contributed by atoms with Crippen LogP contribution in [0, 0.1) is 5.82 Å². The number of esters is 2. The van der Waals surface area contributed by atoms with E-state index in [1.165, 1.54) is 48.9 Å². The molecule has 9 heteroatoms. The van der Waals surface area contributed by atoms with Gasteiger partial charge in [-0.05, 0) is 48.7 Å². The van der Waals surface area contributed by atoms with Crippen molar-refractivity contribution in [2.45, 2.75) is 17.7 Å². The van der Waals surface area contributed by atoms with Crippen molar-refractivity contribution in [1.82, 2.24) is 4.31 Å². The number of sulfonamides is 1. The van der Waals surface area contributed by atoms with E-state index in [1.807, 2.05) is 6.08 Å². The second-order valence-corrected chi connectivity index (χ2v) is 8.93. The van der Waals surface area contributed by atoms with Crippen LogP contribution in [0.4, 0.5) is 4.39 Å². The Labute approximate surface area is 180 Å². The summed E-state index contributed by atoms with van der Waals surface area (Å²) in [4.78, 5) is 23.7. The number of methoxy groups -OCH3 is 2. The van der Waals surface area contributed by atoms with E-state index in [0.29, 0.717) is 12.8 Å². The third kappa shape index (κ3) is 5.18. The van der Waals surface area contributed by atoms with Gasteiger partial charge in [-0.25, -0.2) is 22.4 Å². The van der Waals surface area contributed by atoms with Gasteiger partial charge in [-0.3, -0.25) is 0 Å². The van der Waals surface area contributed by atoms with Crippen molar-refractivity contribution < 1.29 is 31.9 Å². The highest BCUT2D eigenvalue weighted by Crippen LogP contribution is 2.26. The second-order valence-electron chi connectivity index (χ2n) is 6.99. The van der Waals surface area contributed by atoms with Crippen molar-refractivity contribution in [3.05, 3.63) is 70.5 Å². The molecule has 0 aromatic heterocycles. The van der Waals surface area contributed by atoms with Crippen LogP contribution in [0.15, 0.2) is 52.9 Å². The minimum atomic E-state index is -3.96. The lowest BCUT2D eigenvalue weighted by Crippen LogP contribution is -2.36. The van der Waals surface area contributed by atoms with E-state index in [4.69, 9.17) is 0 Å². The number of hydrogen-bond acceptors (Lipinski definition) is 6. The highest BCUT2D eigenvalue weighted by Gasteiger charge is 2.29. The minimum absolute atomic E-state index is 0.0623. The summed E-state index contributed by atoms with van der Waals surface area (Å²) in [5, 5.41) is 0. The van der Waals surface area contributed by atoms with Crippen LogP contribution in [0.2, 0.25) is 0 Å². The molecule has 1 aliphatic heterocycles. The number of piperidine rings is 1. The highest BCUT2D eigenvalue weighted by atomic mass is 32.2. The van der Waals surface area contributed by atoms with Gasteiger partial charge in [0.05, 0.1) is 30.2 Å². The van der Waals surface area contributed by atoms with Gasteiger partial charge in [0.25, 0.3) is 0 Å². The molecule has 1 saturated heterocycles. The summed E-state index contributed by atoms with van der Waals surface area (Å²) < 4.78 is 50.4. The maximum absolute atomic E-state index is 13.4. The molecule has 0 saturated carbocycles. The summed E-state index contributed by atoms with van der Waals surface area (Å²) in [7, 11) is -1.63. The normalized spacial score (nSPS) is 14.7. The first-order chi connectivity index (χ1) is 14.7. The van der Waals surface area contributed by atoms with E-state index in [1.54, 1.807) is 12.1 Å². The molecule has 0 bridgehead atoms. The molecule has 7 nitrogen and oxygen atoms in total. The molecular formula is C22H22FNO6S. The van der Waals surface area contributed by atoms with E-state index in [2.05, 4.69) is 9.47 Å². The van der Waals surface area contributed by atoms with Crippen LogP contribution in [0.1, 0.15) is 39.1 Å². The number of carbonyl (C=O) groups excluding carboxylic acids is 2. The molecule has 0 spiro atoms. The highest BCUT2D eigenvalue weighted by molar-refractivity contribution is 7.89. The van der Waals surface area contributed by atoms with Crippen molar-refractivity contribution >= 4 is 28.0 Å². The van der Waals surface area contributed by atoms with E-state index < -0.39 is 22.0 Å². The van der Waals surface area contributed by atoms with Crippen molar-refractivity contribution in [3.63, 3.8) is 0 Å². The standard InChI is InChI=1S/C22H22FNO6S/c1-29-21(25)17-12-18(22(26)30-2)14-20(13-17)31(27,28)24-8-6-15(7-9-24)10-16-4-3-5-19(23)11-16/h3-5,10-14H,6-9H2,1-2H3. The van der Waals surface area contributed by atoms with Gasteiger partial charge in [-0.1, -0.05) is 23.8 Å². The predicted molar refractivity (Wildman–Crippen MR) is 111 cm³/mol. The van der Waals surface area contributed by atoms with Gasteiger partial charge >= 0.3 is 11.9 Å². The number of carbonyl (C=O) groups is 2. The van der Waals surface area contributed by atoms with Crippen LogP contribution in [0.5, 0.6) is 0 Å². The molecule has 1 aliphatic rings. The molecule has 2 aromatic rings. The topological polar surface area (TPSA) is 90.0 Å². The lowest BCUT2D eigenvalue weighted by Gasteiger charge is -2.28. The number of nitrogens with zero attached hydrogens (tertiary/aromatic N) is 1. The quantitative estimate of drug-likeness (QED) is 0.654. The molecule has 164 valence electrons. The third-order valence-corrected chi connectivity index (χ3v) is 6.85. The fourth-order valence-electron chi connectivity index (χ4n) is 3.36. The summed E-state index contributed by atoms with van der Waals surface area (Å²) in [6, 6.07) is 9.79. The molecule has 0 radical (unpaired) electrons. The molecule has 2 aromatic carbocycles. The first-order valence-corrected chi connectivity index (χ1v) is 11.0. The molecule has 1 fully saturated rings. The SMILES string of the molecule is COC(=O)c1cc(C(=O)OC)cc(S(=O)(=O)N2CCC(=Cc3cccc(F)c3)CC2)c1. The molecule has 1 heterocycles. The Bertz CT molecular complexity index is 1100. The monoisotopic (exact) mass is 447 g/mol. The number of hydrogen-bond donors (Lipinski definition) is 0. The minimum Gasteiger partial charge on any atom is -0.465 e. The van der Waals surface area contributed by atoms with E-state index in [-0.39, 0.29) is 34.9 Å². The first-order valence-electron chi connectivity index (χ1n) is 9.51. The van der Waals surface area contributed by atoms with Crippen LogP contribution < -0.4 is 0 Å². The van der Waals surface area contributed by atoms with E-state index in [0.717, 1.165) is 11.1 Å². The molecular weight excluding hydrogens is 425 g/mol. The Balaban J connectivity index is 1.85. The maximum atomic E-state index is 13.4. The Hall–Kier alpha value is -3.04. The number of ether oxygens (including phenoxy) is 2. The molecule has 0 N–H and O–H groups in total. The molecule has 3 rings (SSSR count). The average Bonchev–Trinajstić information content (AvgIpc) is 2.78. The number of halogens is 1. The molecule has 0 amide bonds. The average molecular weight is 447 g/mol. The van der Waals surface area contributed by atoms with Crippen molar-refractivity contribution in [1.29, 1.82) is 0 Å². The van der Waals surface area contributed by atoms with Gasteiger partial charge in [-0.15, -0.1) is 0 Å². The Morgan fingerprint density at radius 2 is 1.55 bits per heavy atom. The fourth-order valence-corrected chi connectivity index (χ4v) is 4.87. The zero-order valence-electron chi connectivity index (χ0n) is 17.1. The molecule has 0 unspecified atom stereocenters. The van der Waals surface area contributed by atoms with Crippen LogP contribution in [-0.2, 0) is 19.5 Å². The zero-order valence-corrected chi connectivity index (χ0v) is 17.9. The summed E-state index contributed by atoms with van der Waals surface area (Å²) in [5.74, 6) is -1.86. The predicted octanol–water partition coefficient (Wildman–Crippen LogP) is 3.27. The molecule has 0 atom stereocenters. The second kappa shape index (κ2) is 9.40. The Morgan fingerprint density at radius 1 is 0.968 bits per heavy atom. The van der Waals surface area contributed by atoms with E-state index in [9.17, 15) is 22.4 Å². The lowest BCUT2D eigenvalue weighted by molar-refractivity contribution is 0.0598. The van der Waals surface area contributed by atoms with Gasteiger partial charge in [0, 0.05) is 13.1 Å². The van der Waals surface area contributed by atoms with Gasteiger partial charge in [0.15, 0.2) is 0 Å². The van der Waals surface area contributed by atoms with E-state index >= 15 is 0 Å². The summed E-state index contributed by atoms with van der Waals surface area (Å²) >= 11 is 0. The number of rotatable bonds is 5. The van der Waals surface area contributed by atoms with Gasteiger partial charge in [0.2, 0.25) is 10.0 Å². The zero-order chi connectivity index (χ0) is 22.6. The maximum Gasteiger partial charge on any atom is 0.337 e. The van der Waals surface area contributed by atoms with Crippen LogP contribution in [0.3, 0.4) is 0 Å². The molecule has 0 aliphatic carbocycles. The largest absolute Gasteiger partial charge is 0.465 e. The van der Waals surface area contributed by atoms with Crippen LogP contribution >= 0.6 is 0 Å². The van der Waals surface area contributed by atoms with Crippen LogP contribution in [0.25, 0.3) is 6.08 Å². The smallest absolute Gasteiger partial charge is 0.337 e. The summed E-state index contributed by atoms with van der Waals surface area (Å²) in [6.07, 6.45) is 2.83. The third-order valence-electron chi connectivity index (χ3n) is 4.97. The van der Waals surface area contributed by atoms with Crippen LogP contribution in [-0.4, -0.2) is 52.0 Å². The van der Waals surface area contributed by atoms with Crippen molar-refractivity contribution in [3.8, 4) is 0 Å². The fraction of sp³-hybridized carbons (Fsp3) is 0.273. The van der Waals surface area contributed by atoms with Gasteiger partial charge < -0.3 is 9.47 Å². The van der Waals surface area contributed by atoms with Gasteiger partial charge in [-0.2, -0.15) is 4.31 Å². The number of benzene rings is 2. The lowest BCUT2D eigenvalue weighted by atomic mass is 10.0. The Kier molecular flexibility index (Phi) is 6.87. The van der Waals surface area contributed by atoms with Gasteiger partial charge in [0.1, 0.15) is 5.82 Å². The molecule has 31 heavy (non-hydrogen) atoms. The summed E-state index contributed by atoms with van der Waals surface area (Å²) in [5.41, 5.74) is 1.61. The first kappa shape index (κ1) is 22.6. The van der Waals surface area contributed by atoms with Crippen molar-refractivity contribution in [2.75, 3.05) is 27.3 Å². The Morgan fingerprint density at radius 3 is 2.06 bits per heavy atom.